The first-order chi connectivity index (χ1) is 15.9. The van der Waals surface area contributed by atoms with E-state index in [0.29, 0.717) is 30.0 Å². The fraction of sp³-hybridized carbons (Fsp3) is 0.200. The van der Waals surface area contributed by atoms with Gasteiger partial charge in [0.15, 0.2) is 0 Å². The second-order valence-electron chi connectivity index (χ2n) is 8.65. The van der Waals surface area contributed by atoms with Crippen molar-refractivity contribution in [3.8, 4) is 11.6 Å². The maximum absolute atomic E-state index is 13.4. The molecule has 8 heteroatoms. The van der Waals surface area contributed by atoms with Gasteiger partial charge in [0.05, 0.1) is 17.8 Å². The van der Waals surface area contributed by atoms with E-state index in [1.54, 1.807) is 9.47 Å². The number of urea groups is 1. The van der Waals surface area contributed by atoms with Crippen LogP contribution in [0.15, 0.2) is 69.9 Å². The first kappa shape index (κ1) is 20.1. The minimum Gasteiger partial charge on any atom is -0.493 e. The SMILES string of the molecule is Cc1cc(NC(=O)N2C[C@@H]3C[C@H]2c2c(O)n(-c4cccc5ccccc45)c(=O)n23)ccc1Br. The van der Waals surface area contributed by atoms with Crippen LogP contribution in [-0.4, -0.2) is 31.7 Å². The molecule has 0 radical (unpaired) electrons. The largest absolute Gasteiger partial charge is 0.493 e. The number of aryl methyl sites for hydroxylation is 1. The molecule has 1 saturated heterocycles. The summed E-state index contributed by atoms with van der Waals surface area (Å²) >= 11 is 3.47. The lowest BCUT2D eigenvalue weighted by Gasteiger charge is -2.27. The third-order valence-electron chi connectivity index (χ3n) is 6.74. The van der Waals surface area contributed by atoms with Crippen LogP contribution in [0.5, 0.6) is 5.88 Å². The number of carbonyl (C=O) groups excluding carboxylic acids is 1. The second-order valence-corrected chi connectivity index (χ2v) is 9.50. The molecule has 2 aliphatic rings. The van der Waals surface area contributed by atoms with Gasteiger partial charge in [-0.05, 0) is 48.6 Å². The topological polar surface area (TPSA) is 79.5 Å². The van der Waals surface area contributed by atoms with E-state index < -0.39 is 0 Å². The quantitative estimate of drug-likeness (QED) is 0.398. The molecule has 2 bridgehead atoms. The Hall–Kier alpha value is -3.52. The molecule has 3 heterocycles. The number of aromatic nitrogens is 2. The van der Waals surface area contributed by atoms with Gasteiger partial charge in [0.2, 0.25) is 5.88 Å². The minimum atomic E-state index is -0.351. The number of fused-ring (bicyclic) bond motifs is 6. The highest BCUT2D eigenvalue weighted by molar-refractivity contribution is 9.10. The molecular weight excluding hydrogens is 484 g/mol. The summed E-state index contributed by atoms with van der Waals surface area (Å²) in [6, 6.07) is 18.4. The number of benzene rings is 3. The van der Waals surface area contributed by atoms with Gasteiger partial charge in [0.1, 0.15) is 5.69 Å². The van der Waals surface area contributed by atoms with Gasteiger partial charge in [-0.15, -0.1) is 0 Å². The van der Waals surface area contributed by atoms with Crippen molar-refractivity contribution in [1.29, 1.82) is 0 Å². The molecule has 3 aromatic carbocycles. The number of nitrogens with zero attached hydrogens (tertiary/aromatic N) is 3. The van der Waals surface area contributed by atoms with E-state index in [9.17, 15) is 14.7 Å². The van der Waals surface area contributed by atoms with Crippen molar-refractivity contribution in [2.45, 2.75) is 25.4 Å². The van der Waals surface area contributed by atoms with E-state index in [4.69, 9.17) is 0 Å². The Bertz CT molecular complexity index is 1500. The predicted octanol–water partition coefficient (Wildman–Crippen LogP) is 5.10. The molecular formula is C25H21BrN4O3. The Labute approximate surface area is 198 Å². The third kappa shape index (κ3) is 2.94. The fourth-order valence-electron chi connectivity index (χ4n) is 5.21. The first-order valence-corrected chi connectivity index (χ1v) is 11.6. The van der Waals surface area contributed by atoms with Crippen LogP contribution >= 0.6 is 15.9 Å². The van der Waals surface area contributed by atoms with E-state index in [0.717, 1.165) is 20.8 Å². The average molecular weight is 505 g/mol. The molecule has 0 spiro atoms. The molecule has 2 N–H and O–H groups in total. The number of amides is 2. The lowest BCUT2D eigenvalue weighted by molar-refractivity contribution is 0.198. The summed E-state index contributed by atoms with van der Waals surface area (Å²) in [5, 5.41) is 16.0. The number of aromatic hydroxyl groups is 1. The number of likely N-dealkylation sites (tertiary alicyclic amines) is 1. The predicted molar refractivity (Wildman–Crippen MR) is 130 cm³/mol. The molecule has 6 rings (SSSR count). The fourth-order valence-corrected chi connectivity index (χ4v) is 5.46. The van der Waals surface area contributed by atoms with E-state index in [2.05, 4.69) is 21.2 Å². The number of halogens is 1. The molecule has 0 aliphatic carbocycles. The Morgan fingerprint density at radius 2 is 1.91 bits per heavy atom. The van der Waals surface area contributed by atoms with Gasteiger partial charge in [0, 0.05) is 22.1 Å². The number of carbonyl (C=O) groups is 1. The molecule has 1 fully saturated rings. The minimum absolute atomic E-state index is 0.0964. The van der Waals surface area contributed by atoms with Crippen LogP contribution in [0.1, 0.15) is 29.8 Å². The van der Waals surface area contributed by atoms with E-state index in [1.165, 1.54) is 4.57 Å². The maximum Gasteiger partial charge on any atom is 0.336 e. The summed E-state index contributed by atoms with van der Waals surface area (Å²) in [7, 11) is 0. The summed E-state index contributed by atoms with van der Waals surface area (Å²) in [5.41, 5.74) is 2.60. The van der Waals surface area contributed by atoms with Gasteiger partial charge < -0.3 is 15.3 Å². The smallest absolute Gasteiger partial charge is 0.336 e. The molecule has 0 unspecified atom stereocenters. The highest BCUT2D eigenvalue weighted by Gasteiger charge is 2.49. The van der Waals surface area contributed by atoms with Crippen molar-refractivity contribution in [1.82, 2.24) is 14.0 Å². The lowest BCUT2D eigenvalue weighted by Crippen LogP contribution is -2.40. The van der Waals surface area contributed by atoms with Crippen LogP contribution < -0.4 is 11.0 Å². The van der Waals surface area contributed by atoms with Crippen LogP contribution in [0.4, 0.5) is 10.5 Å². The summed E-state index contributed by atoms with van der Waals surface area (Å²) < 4.78 is 4.01. The molecule has 1 aromatic heterocycles. The molecule has 2 amide bonds. The summed E-state index contributed by atoms with van der Waals surface area (Å²) in [6.07, 6.45) is 0.626. The molecule has 7 nitrogen and oxygen atoms in total. The van der Waals surface area contributed by atoms with Gasteiger partial charge in [-0.1, -0.05) is 52.3 Å². The van der Waals surface area contributed by atoms with Crippen LogP contribution in [0.2, 0.25) is 0 Å². The van der Waals surface area contributed by atoms with Gasteiger partial charge >= 0.3 is 11.7 Å². The Kier molecular flexibility index (Phi) is 4.42. The van der Waals surface area contributed by atoms with Gasteiger partial charge in [0.25, 0.3) is 0 Å². The standard InChI is InChI=1S/C25H21BrN4O3/c1-14-11-16(9-10-19(14)26)27-24(32)28-13-17-12-21(28)22-23(31)30(25(33)29(17)22)20-8-4-6-15-5-2-3-7-18(15)20/h2-11,17,21,31H,12-13H2,1H3,(H,27,32)/t17-,21-/m0/s1. The first-order valence-electron chi connectivity index (χ1n) is 10.8. The van der Waals surface area contributed by atoms with Crippen LogP contribution in [0.25, 0.3) is 16.5 Å². The highest BCUT2D eigenvalue weighted by Crippen LogP contribution is 2.49. The number of hydrogen-bond donors (Lipinski definition) is 2. The number of nitrogens with one attached hydrogen (secondary N) is 1. The Morgan fingerprint density at radius 3 is 2.73 bits per heavy atom. The van der Waals surface area contributed by atoms with E-state index in [1.807, 2.05) is 67.6 Å². The van der Waals surface area contributed by atoms with Crippen LogP contribution in [0, 0.1) is 6.92 Å². The lowest BCUT2D eigenvalue weighted by atomic mass is 10.1. The molecule has 4 aromatic rings. The molecule has 2 atom stereocenters. The number of rotatable bonds is 2. The third-order valence-corrected chi connectivity index (χ3v) is 7.62. The molecule has 33 heavy (non-hydrogen) atoms. The normalized spacial score (nSPS) is 18.7. The van der Waals surface area contributed by atoms with E-state index >= 15 is 0 Å². The maximum atomic E-state index is 13.4. The number of anilines is 1. The van der Waals surface area contributed by atoms with Crippen LogP contribution in [-0.2, 0) is 0 Å². The van der Waals surface area contributed by atoms with Gasteiger partial charge in [-0.2, -0.15) is 0 Å². The molecule has 166 valence electrons. The zero-order valence-electron chi connectivity index (χ0n) is 17.8. The summed E-state index contributed by atoms with van der Waals surface area (Å²) in [6.45, 7) is 2.39. The van der Waals surface area contributed by atoms with Crippen molar-refractivity contribution >= 4 is 38.4 Å². The van der Waals surface area contributed by atoms with Crippen LogP contribution in [0.3, 0.4) is 0 Å². The highest BCUT2D eigenvalue weighted by atomic mass is 79.9. The second kappa shape index (κ2) is 7.25. The van der Waals surface area contributed by atoms with Crippen molar-refractivity contribution in [3.63, 3.8) is 0 Å². The Morgan fingerprint density at radius 1 is 1.12 bits per heavy atom. The van der Waals surface area contributed by atoms with Crippen molar-refractivity contribution < 1.29 is 9.90 Å². The number of hydrogen-bond acceptors (Lipinski definition) is 3. The number of imidazole rings is 1. The van der Waals surface area contributed by atoms with E-state index in [-0.39, 0.29) is 29.7 Å². The monoisotopic (exact) mass is 504 g/mol. The Balaban J connectivity index is 1.38. The zero-order chi connectivity index (χ0) is 22.9. The average Bonchev–Trinajstić information content (AvgIpc) is 3.47. The van der Waals surface area contributed by atoms with Gasteiger partial charge in [-0.25, -0.2) is 14.2 Å². The summed E-state index contributed by atoms with van der Waals surface area (Å²) in [5.74, 6) is -0.0964. The molecule has 2 aliphatic heterocycles. The van der Waals surface area contributed by atoms with Crippen molar-refractivity contribution in [3.05, 3.63) is 86.9 Å². The summed E-state index contributed by atoms with van der Waals surface area (Å²) in [4.78, 5) is 28.2. The van der Waals surface area contributed by atoms with Crippen molar-refractivity contribution in [2.24, 2.45) is 0 Å². The van der Waals surface area contributed by atoms with Gasteiger partial charge in [-0.3, -0.25) is 4.57 Å². The molecule has 0 saturated carbocycles. The van der Waals surface area contributed by atoms with Crippen molar-refractivity contribution in [2.75, 3.05) is 11.9 Å². The zero-order valence-corrected chi connectivity index (χ0v) is 19.4.